The van der Waals surface area contributed by atoms with E-state index in [9.17, 15) is 26.0 Å². The molecule has 0 aromatic heterocycles. The third-order valence-electron chi connectivity index (χ3n) is 2.37. The Balaban J connectivity index is 3.37. The van der Waals surface area contributed by atoms with Crippen LogP contribution in [0.2, 0.25) is 0 Å². The van der Waals surface area contributed by atoms with Crippen LogP contribution in [0.3, 0.4) is 0 Å². The zero-order valence-corrected chi connectivity index (χ0v) is 13.0. The number of allylic oxidation sites excluding steroid dienone is 1. The van der Waals surface area contributed by atoms with Crippen LogP contribution in [-0.4, -0.2) is 20.9 Å². The van der Waals surface area contributed by atoms with Gasteiger partial charge < -0.3 is 5.32 Å². The summed E-state index contributed by atoms with van der Waals surface area (Å²) in [7, 11) is -3.88. The van der Waals surface area contributed by atoms with Crippen LogP contribution in [0.25, 0.3) is 0 Å². The quantitative estimate of drug-likeness (QED) is 0.663. The topological polar surface area (TPSA) is 70.0 Å². The van der Waals surface area contributed by atoms with Crippen molar-refractivity contribution in [1.82, 2.24) is 0 Å². The first-order valence-electron chi connectivity index (χ1n) is 5.52. The van der Waals surface area contributed by atoms with E-state index >= 15 is 0 Å². The number of alkyl halides is 3. The lowest BCUT2D eigenvalue weighted by molar-refractivity contribution is -0.137. The minimum absolute atomic E-state index is 0.191. The van der Waals surface area contributed by atoms with Crippen molar-refractivity contribution in [2.75, 3.05) is 17.8 Å². The summed E-state index contributed by atoms with van der Waals surface area (Å²) in [6, 6.07) is 3.17. The average Bonchev–Trinajstić information content (AvgIpc) is 2.35. The molecule has 1 aromatic rings. The molecule has 1 rings (SSSR count). The number of anilines is 1. The summed E-state index contributed by atoms with van der Waals surface area (Å²) >= 11 is 0.807. The van der Waals surface area contributed by atoms with E-state index in [-0.39, 0.29) is 10.7 Å². The normalized spacial score (nSPS) is 13.3. The van der Waals surface area contributed by atoms with Crippen LogP contribution < -0.4 is 5.32 Å². The fraction of sp³-hybridized carbons (Fsp3) is 0.250. The highest BCUT2D eigenvalue weighted by atomic mass is 32.2. The molecule has 0 amide bonds. The van der Waals surface area contributed by atoms with Gasteiger partial charge in [-0.2, -0.15) is 18.4 Å². The molecule has 0 aliphatic carbocycles. The average molecular weight is 354 g/mol. The van der Waals surface area contributed by atoms with E-state index in [1.165, 1.54) is 12.3 Å². The van der Waals surface area contributed by atoms with Crippen LogP contribution in [0.5, 0.6) is 0 Å². The fourth-order valence-electron chi connectivity index (χ4n) is 1.46. The number of nitrogens with zero attached hydrogens (tertiary/aromatic N) is 1. The Hall–Kier alpha value is -1.73. The van der Waals surface area contributed by atoms with Gasteiger partial charge in [0, 0.05) is 11.9 Å². The molecule has 0 unspecified atom stereocenters. The van der Waals surface area contributed by atoms with E-state index in [1.807, 2.05) is 0 Å². The Morgan fingerprint density at radius 1 is 1.32 bits per heavy atom. The molecule has 0 atom stereocenters. The van der Waals surface area contributed by atoms with Crippen LogP contribution in [0.15, 0.2) is 28.1 Å². The van der Waals surface area contributed by atoms with Gasteiger partial charge >= 0.3 is 6.18 Å². The maximum absolute atomic E-state index is 13.3. The molecule has 0 aliphatic rings. The lowest BCUT2D eigenvalue weighted by atomic mass is 10.2. The van der Waals surface area contributed by atoms with Crippen molar-refractivity contribution in [1.29, 1.82) is 5.26 Å². The van der Waals surface area contributed by atoms with Gasteiger partial charge in [-0.05, 0) is 24.5 Å². The van der Waals surface area contributed by atoms with E-state index in [0.29, 0.717) is 12.1 Å². The Morgan fingerprint density at radius 2 is 1.91 bits per heavy atom. The zero-order valence-electron chi connectivity index (χ0n) is 11.3. The van der Waals surface area contributed by atoms with Crippen LogP contribution in [-0.2, 0) is 16.0 Å². The van der Waals surface area contributed by atoms with Gasteiger partial charge in [-0.15, -0.1) is 11.8 Å². The van der Waals surface area contributed by atoms with Crippen molar-refractivity contribution in [3.05, 3.63) is 39.5 Å². The Kier molecular flexibility index (Phi) is 5.48. The Labute approximate surface area is 128 Å². The zero-order chi connectivity index (χ0) is 17.1. The van der Waals surface area contributed by atoms with E-state index in [2.05, 4.69) is 5.32 Å². The number of thioether (sulfide) groups is 1. The fourth-order valence-corrected chi connectivity index (χ4v) is 3.17. The highest BCUT2D eigenvalue weighted by Crippen LogP contribution is 2.33. The van der Waals surface area contributed by atoms with E-state index in [4.69, 9.17) is 5.26 Å². The summed E-state index contributed by atoms with van der Waals surface area (Å²) < 4.78 is 74.1. The van der Waals surface area contributed by atoms with Crippen molar-refractivity contribution in [3.63, 3.8) is 0 Å². The first-order valence-corrected chi connectivity index (χ1v) is 8.64. The highest BCUT2D eigenvalue weighted by Gasteiger charge is 2.31. The second-order valence-electron chi connectivity index (χ2n) is 4.10. The number of halogens is 4. The number of hydrogen-bond acceptors (Lipinski definition) is 5. The molecular formula is C12H10F4N2O2S2. The van der Waals surface area contributed by atoms with Crippen LogP contribution in [0.1, 0.15) is 5.56 Å². The summed E-state index contributed by atoms with van der Waals surface area (Å²) in [5.74, 6) is -1.14. The molecule has 0 spiro atoms. The highest BCUT2D eigenvalue weighted by molar-refractivity contribution is 8.04. The molecule has 0 bridgehead atoms. The van der Waals surface area contributed by atoms with Crippen LogP contribution in [0, 0.1) is 17.1 Å². The number of sulfone groups is 1. The van der Waals surface area contributed by atoms with E-state index < -0.39 is 32.3 Å². The molecule has 0 radical (unpaired) electrons. The van der Waals surface area contributed by atoms with Crippen LogP contribution >= 0.6 is 11.8 Å². The van der Waals surface area contributed by atoms with Crippen molar-refractivity contribution >= 4 is 27.3 Å². The smallest absolute Gasteiger partial charge is 0.348 e. The Morgan fingerprint density at radius 3 is 2.32 bits per heavy atom. The van der Waals surface area contributed by atoms with Gasteiger partial charge in [-0.3, -0.25) is 0 Å². The predicted octanol–water partition coefficient (Wildman–Crippen LogP) is 3.36. The second-order valence-corrected chi connectivity index (χ2v) is 6.87. The summed E-state index contributed by atoms with van der Waals surface area (Å²) in [6.07, 6.45) is -2.54. The van der Waals surface area contributed by atoms with Gasteiger partial charge in [0.1, 0.15) is 16.9 Å². The van der Waals surface area contributed by atoms with E-state index in [0.717, 1.165) is 24.1 Å². The second kappa shape index (κ2) is 6.58. The molecule has 0 aliphatic heterocycles. The summed E-state index contributed by atoms with van der Waals surface area (Å²) in [5, 5.41) is 11.0. The molecule has 1 aromatic carbocycles. The molecule has 0 saturated carbocycles. The van der Waals surface area contributed by atoms with Gasteiger partial charge in [-0.1, -0.05) is 0 Å². The van der Waals surface area contributed by atoms with Gasteiger partial charge in [-0.25, -0.2) is 12.8 Å². The van der Waals surface area contributed by atoms with Crippen molar-refractivity contribution < 1.29 is 26.0 Å². The van der Waals surface area contributed by atoms with E-state index in [1.54, 1.807) is 0 Å². The molecular weight excluding hydrogens is 344 g/mol. The molecule has 0 heterocycles. The lowest BCUT2D eigenvalue weighted by Crippen LogP contribution is -2.10. The summed E-state index contributed by atoms with van der Waals surface area (Å²) in [4.78, 5) is -0.641. The third-order valence-corrected chi connectivity index (χ3v) is 4.25. The molecule has 0 saturated heterocycles. The molecule has 10 heteroatoms. The number of hydrogen-bond donors (Lipinski definition) is 1. The minimum atomic E-state index is -4.75. The standard InChI is InChI=1S/C12H10F4N2O2S2/c1-21-11(10(6-17)22(2,19)20)18-9-4-7(12(14,15)16)3-8(13)5-9/h3-5,18H,1-2H3/b11-10+. The molecule has 120 valence electrons. The maximum atomic E-state index is 13.3. The van der Waals surface area contributed by atoms with Gasteiger partial charge in [0.05, 0.1) is 5.56 Å². The molecule has 1 N–H and O–H groups in total. The Bertz CT molecular complexity index is 749. The SMILES string of the molecule is CS/C(Nc1cc(F)cc(C(F)(F)F)c1)=C(\C#N)S(C)(=O)=O. The summed E-state index contributed by atoms with van der Waals surface area (Å²) in [5.41, 5.74) is -1.54. The first-order chi connectivity index (χ1) is 9.98. The minimum Gasteiger partial charge on any atom is -0.348 e. The van der Waals surface area contributed by atoms with Crippen molar-refractivity contribution in [2.24, 2.45) is 0 Å². The predicted molar refractivity (Wildman–Crippen MR) is 76.0 cm³/mol. The first kappa shape index (κ1) is 18.3. The number of nitriles is 1. The van der Waals surface area contributed by atoms with Crippen molar-refractivity contribution in [2.45, 2.75) is 6.18 Å². The lowest BCUT2D eigenvalue weighted by Gasteiger charge is -2.13. The summed E-state index contributed by atoms with van der Waals surface area (Å²) in [6.45, 7) is 0. The molecule has 0 fully saturated rings. The third kappa shape index (κ3) is 4.64. The van der Waals surface area contributed by atoms with Gasteiger partial charge in [0.2, 0.25) is 0 Å². The van der Waals surface area contributed by atoms with Gasteiger partial charge in [0.25, 0.3) is 0 Å². The molecule has 4 nitrogen and oxygen atoms in total. The van der Waals surface area contributed by atoms with Crippen molar-refractivity contribution in [3.8, 4) is 6.07 Å². The maximum Gasteiger partial charge on any atom is 0.416 e. The number of nitrogens with one attached hydrogen (secondary N) is 1. The monoisotopic (exact) mass is 354 g/mol. The number of benzene rings is 1. The van der Waals surface area contributed by atoms with Gasteiger partial charge in [0.15, 0.2) is 14.7 Å². The van der Waals surface area contributed by atoms with Crippen LogP contribution in [0.4, 0.5) is 23.2 Å². The number of rotatable bonds is 4. The largest absolute Gasteiger partial charge is 0.416 e. The molecule has 22 heavy (non-hydrogen) atoms.